The first-order chi connectivity index (χ1) is 12.8. The number of aromatic nitrogens is 1. The highest BCUT2D eigenvalue weighted by Gasteiger charge is 2.30. The molecule has 3 rings (SSSR count). The molecule has 1 atom stereocenters. The van der Waals surface area contributed by atoms with Gasteiger partial charge in [-0.3, -0.25) is 4.79 Å². The average molecular weight is 370 g/mol. The van der Waals surface area contributed by atoms with E-state index < -0.39 is 5.60 Å². The van der Waals surface area contributed by atoms with Gasteiger partial charge in [0, 0.05) is 45.1 Å². The Morgan fingerprint density at radius 1 is 1.26 bits per heavy atom. The highest BCUT2D eigenvalue weighted by atomic mass is 16.6. The number of anilines is 2. The number of ether oxygens (including phenoxy) is 1. The van der Waals surface area contributed by atoms with Gasteiger partial charge in [0.05, 0.1) is 11.9 Å². The molecule has 2 aliphatic heterocycles. The number of hydrogen-bond donors (Lipinski definition) is 0. The van der Waals surface area contributed by atoms with Crippen LogP contribution >= 0.6 is 0 Å². The molecule has 0 aromatic carbocycles. The summed E-state index contributed by atoms with van der Waals surface area (Å²) in [6.07, 6.45) is 7.27. The summed E-state index contributed by atoms with van der Waals surface area (Å²) in [5.41, 5.74) is 0.283. The zero-order chi connectivity index (χ0) is 19.6. The topological polar surface area (TPSA) is 66.0 Å². The molecule has 0 radical (unpaired) electrons. The van der Waals surface area contributed by atoms with E-state index in [2.05, 4.69) is 15.8 Å². The highest BCUT2D eigenvalue weighted by molar-refractivity contribution is 5.96. The number of carbonyl (C=O) groups excluding carboxylic acids is 2. The number of rotatable bonds is 2. The van der Waals surface area contributed by atoms with E-state index in [0.29, 0.717) is 39.1 Å². The Balaban J connectivity index is 1.57. The molecule has 7 heteroatoms. The van der Waals surface area contributed by atoms with E-state index in [1.807, 2.05) is 32.9 Å². The van der Waals surface area contributed by atoms with E-state index in [0.717, 1.165) is 11.5 Å². The monoisotopic (exact) mass is 370 g/mol. The van der Waals surface area contributed by atoms with Crippen molar-refractivity contribution in [1.29, 1.82) is 0 Å². The molecule has 0 aliphatic carbocycles. The van der Waals surface area contributed by atoms with E-state index in [4.69, 9.17) is 11.2 Å². The fourth-order valence-corrected chi connectivity index (χ4v) is 3.24. The van der Waals surface area contributed by atoms with Crippen LogP contribution in [0.4, 0.5) is 16.3 Å². The second-order valence-electron chi connectivity index (χ2n) is 7.90. The Hall–Kier alpha value is -2.75. The number of piperazine rings is 1. The Morgan fingerprint density at radius 2 is 1.96 bits per heavy atom. The molecule has 1 aromatic rings. The molecule has 0 spiro atoms. The zero-order valence-corrected chi connectivity index (χ0v) is 16.1. The van der Waals surface area contributed by atoms with Crippen LogP contribution in [-0.2, 0) is 9.53 Å². The number of terminal acetylenes is 1. The Kier molecular flexibility index (Phi) is 5.26. The number of carbonyl (C=O) groups is 2. The predicted octanol–water partition coefficient (Wildman–Crippen LogP) is 2.12. The van der Waals surface area contributed by atoms with Gasteiger partial charge in [-0.1, -0.05) is 0 Å². The van der Waals surface area contributed by atoms with Gasteiger partial charge in [-0.05, 0) is 32.9 Å². The second kappa shape index (κ2) is 7.47. The number of hydrogen-bond acceptors (Lipinski definition) is 5. The molecule has 0 bridgehead atoms. The molecular formula is C20H26N4O3. The predicted molar refractivity (Wildman–Crippen MR) is 104 cm³/mol. The van der Waals surface area contributed by atoms with Gasteiger partial charge in [0.15, 0.2) is 0 Å². The van der Waals surface area contributed by atoms with Crippen molar-refractivity contribution in [3.63, 3.8) is 0 Å². The molecule has 0 saturated carbocycles. The molecule has 0 N–H and O–H groups in total. The average Bonchev–Trinajstić information content (AvgIpc) is 3.01. The van der Waals surface area contributed by atoms with Crippen molar-refractivity contribution in [2.45, 2.75) is 32.8 Å². The number of pyridine rings is 1. The first-order valence-electron chi connectivity index (χ1n) is 9.22. The van der Waals surface area contributed by atoms with Gasteiger partial charge in [0.2, 0.25) is 5.91 Å². The van der Waals surface area contributed by atoms with Crippen molar-refractivity contribution in [3.05, 3.63) is 18.3 Å². The maximum absolute atomic E-state index is 12.1. The third-order valence-corrected chi connectivity index (χ3v) is 4.66. The molecule has 2 saturated heterocycles. The van der Waals surface area contributed by atoms with Crippen LogP contribution in [0.5, 0.6) is 0 Å². The molecule has 1 aromatic heterocycles. The Bertz CT molecular complexity index is 740. The smallest absolute Gasteiger partial charge is 0.410 e. The van der Waals surface area contributed by atoms with Gasteiger partial charge >= 0.3 is 6.09 Å². The van der Waals surface area contributed by atoms with Gasteiger partial charge in [-0.2, -0.15) is 0 Å². The van der Waals surface area contributed by atoms with Gasteiger partial charge in [-0.25, -0.2) is 9.78 Å². The van der Waals surface area contributed by atoms with Crippen LogP contribution in [0.25, 0.3) is 0 Å². The number of amides is 2. The minimum Gasteiger partial charge on any atom is -0.444 e. The van der Waals surface area contributed by atoms with E-state index in [1.165, 1.54) is 0 Å². The van der Waals surface area contributed by atoms with Crippen LogP contribution in [0.3, 0.4) is 0 Å². The molecule has 1 unspecified atom stereocenters. The maximum atomic E-state index is 12.1. The lowest BCUT2D eigenvalue weighted by molar-refractivity contribution is -0.117. The molecule has 2 fully saturated rings. The minimum absolute atomic E-state index is 0.0295. The molecule has 3 heterocycles. The summed E-state index contributed by atoms with van der Waals surface area (Å²) in [6, 6.07) is 3.81. The zero-order valence-electron chi connectivity index (χ0n) is 16.1. The summed E-state index contributed by atoms with van der Waals surface area (Å²) >= 11 is 0. The molecule has 27 heavy (non-hydrogen) atoms. The molecule has 2 amide bonds. The summed E-state index contributed by atoms with van der Waals surface area (Å²) in [6.45, 7) is 8.70. The van der Waals surface area contributed by atoms with Crippen molar-refractivity contribution in [1.82, 2.24) is 9.88 Å². The summed E-state index contributed by atoms with van der Waals surface area (Å²) in [4.78, 5) is 34.3. The van der Waals surface area contributed by atoms with E-state index in [9.17, 15) is 9.59 Å². The largest absolute Gasteiger partial charge is 0.444 e. The van der Waals surface area contributed by atoms with Crippen LogP contribution in [-0.4, -0.2) is 60.2 Å². The molecule has 7 nitrogen and oxygen atoms in total. The molecule has 144 valence electrons. The second-order valence-corrected chi connectivity index (χ2v) is 7.90. The van der Waals surface area contributed by atoms with Crippen molar-refractivity contribution in [2.75, 3.05) is 42.5 Å². The lowest BCUT2D eigenvalue weighted by atomic mass is 10.1. The number of nitrogens with zero attached hydrogens (tertiary/aromatic N) is 4. The Morgan fingerprint density at radius 3 is 2.48 bits per heavy atom. The summed E-state index contributed by atoms with van der Waals surface area (Å²) in [7, 11) is 0. The fraction of sp³-hybridized carbons (Fsp3) is 0.550. The van der Waals surface area contributed by atoms with Crippen LogP contribution < -0.4 is 9.80 Å². The third-order valence-electron chi connectivity index (χ3n) is 4.66. The normalized spacial score (nSPS) is 20.6. The first kappa shape index (κ1) is 19.0. The van der Waals surface area contributed by atoms with Crippen molar-refractivity contribution >= 4 is 23.5 Å². The first-order valence-corrected chi connectivity index (χ1v) is 9.22. The SMILES string of the molecule is C#CC1CC(=O)N(c2ccc(N3CCN(C(=O)OC(C)(C)C)CC3)nc2)C1. The van der Waals surface area contributed by atoms with Crippen molar-refractivity contribution in [3.8, 4) is 12.3 Å². The standard InChI is InChI=1S/C20H26N4O3/c1-5-15-12-18(25)24(14-15)16-6-7-17(21-13-16)22-8-10-23(11-9-22)19(26)27-20(2,3)4/h1,6-7,13,15H,8-12,14H2,2-4H3. The van der Waals surface area contributed by atoms with Crippen LogP contribution in [0.2, 0.25) is 0 Å². The molecular weight excluding hydrogens is 344 g/mol. The fourth-order valence-electron chi connectivity index (χ4n) is 3.24. The van der Waals surface area contributed by atoms with Crippen LogP contribution in [0, 0.1) is 18.3 Å². The van der Waals surface area contributed by atoms with Gasteiger partial charge in [0.25, 0.3) is 0 Å². The van der Waals surface area contributed by atoms with Gasteiger partial charge in [0.1, 0.15) is 11.4 Å². The summed E-state index contributed by atoms with van der Waals surface area (Å²) in [5.74, 6) is 3.50. The quantitative estimate of drug-likeness (QED) is 0.746. The summed E-state index contributed by atoms with van der Waals surface area (Å²) in [5, 5.41) is 0. The van der Waals surface area contributed by atoms with Crippen LogP contribution in [0.15, 0.2) is 18.3 Å². The van der Waals surface area contributed by atoms with E-state index in [1.54, 1.807) is 16.0 Å². The third kappa shape index (κ3) is 4.51. The summed E-state index contributed by atoms with van der Waals surface area (Å²) < 4.78 is 5.42. The van der Waals surface area contributed by atoms with Crippen LogP contribution in [0.1, 0.15) is 27.2 Å². The van der Waals surface area contributed by atoms with Crippen molar-refractivity contribution < 1.29 is 14.3 Å². The van der Waals surface area contributed by atoms with E-state index in [-0.39, 0.29) is 17.9 Å². The van der Waals surface area contributed by atoms with Crippen molar-refractivity contribution in [2.24, 2.45) is 5.92 Å². The lowest BCUT2D eigenvalue weighted by Crippen LogP contribution is -2.50. The minimum atomic E-state index is -0.489. The van der Waals surface area contributed by atoms with Gasteiger partial charge in [-0.15, -0.1) is 12.3 Å². The molecule has 2 aliphatic rings. The maximum Gasteiger partial charge on any atom is 0.410 e. The van der Waals surface area contributed by atoms with E-state index >= 15 is 0 Å². The van der Waals surface area contributed by atoms with Gasteiger partial charge < -0.3 is 19.4 Å². The Labute approximate surface area is 160 Å². The highest BCUT2D eigenvalue weighted by Crippen LogP contribution is 2.26. The lowest BCUT2D eigenvalue weighted by Gasteiger charge is -2.36.